The largest absolute Gasteiger partial charge is 0.375 e. The summed E-state index contributed by atoms with van der Waals surface area (Å²) in [6, 6.07) is 0. The highest BCUT2D eigenvalue weighted by atomic mass is 19.3. The van der Waals surface area contributed by atoms with E-state index in [2.05, 4.69) is 15.2 Å². The smallest absolute Gasteiger partial charge is 0.293 e. The topological polar surface area (TPSA) is 71.1 Å². The number of hydrogen-bond acceptors (Lipinski definition) is 4. The highest BCUT2D eigenvalue weighted by Gasteiger charge is 2.46. The molecule has 0 spiro atoms. The lowest BCUT2D eigenvalue weighted by atomic mass is 10.0. The fourth-order valence-electron chi connectivity index (χ4n) is 1.96. The number of hydrogen-bond donors (Lipinski definition) is 1. The van der Waals surface area contributed by atoms with E-state index in [1.807, 2.05) is 0 Å². The lowest BCUT2D eigenvalue weighted by Gasteiger charge is -2.36. The van der Waals surface area contributed by atoms with Gasteiger partial charge >= 0.3 is 0 Å². The van der Waals surface area contributed by atoms with Crippen LogP contribution in [0, 0.1) is 6.92 Å². The van der Waals surface area contributed by atoms with E-state index in [0.717, 1.165) is 4.90 Å². The summed E-state index contributed by atoms with van der Waals surface area (Å²) in [5, 5.41) is 6.18. The number of aromatic nitrogens is 3. The van der Waals surface area contributed by atoms with E-state index in [1.54, 1.807) is 6.92 Å². The minimum atomic E-state index is -3.05. The fraction of sp³-hybridized carbons (Fsp3) is 0.700. The van der Waals surface area contributed by atoms with Gasteiger partial charge in [0.05, 0.1) is 6.54 Å². The van der Waals surface area contributed by atoms with Crippen LogP contribution in [-0.2, 0) is 4.74 Å². The van der Waals surface area contributed by atoms with Gasteiger partial charge in [-0.1, -0.05) is 0 Å². The highest BCUT2D eigenvalue weighted by Crippen LogP contribution is 2.29. The number of carbonyl (C=O) groups is 1. The zero-order chi connectivity index (χ0) is 13.3. The molecule has 0 bridgehead atoms. The summed E-state index contributed by atoms with van der Waals surface area (Å²) in [6.45, 7) is 1.17. The number of carbonyl (C=O) groups excluding carboxylic acids is 1. The van der Waals surface area contributed by atoms with Crippen LogP contribution in [0.5, 0.6) is 0 Å². The molecule has 1 aliphatic rings. The zero-order valence-corrected chi connectivity index (χ0v) is 10.1. The van der Waals surface area contributed by atoms with Crippen molar-refractivity contribution in [3.05, 3.63) is 11.6 Å². The molecule has 1 aromatic rings. The number of aromatic amines is 1. The number of alkyl halides is 2. The van der Waals surface area contributed by atoms with Crippen LogP contribution in [0.15, 0.2) is 0 Å². The number of likely N-dealkylation sites (tertiary alicyclic amines) is 1. The summed E-state index contributed by atoms with van der Waals surface area (Å²) in [4.78, 5) is 16.8. The van der Waals surface area contributed by atoms with E-state index < -0.39 is 24.5 Å². The molecule has 2 heterocycles. The summed E-state index contributed by atoms with van der Waals surface area (Å²) < 4.78 is 32.0. The molecule has 0 saturated carbocycles. The molecule has 6 nitrogen and oxygen atoms in total. The molecule has 1 atom stereocenters. The van der Waals surface area contributed by atoms with Crippen molar-refractivity contribution in [3.8, 4) is 0 Å². The summed E-state index contributed by atoms with van der Waals surface area (Å²) in [5.74, 6) is -3.25. The Morgan fingerprint density at radius 1 is 1.61 bits per heavy atom. The molecule has 1 aliphatic heterocycles. The van der Waals surface area contributed by atoms with E-state index in [9.17, 15) is 13.6 Å². The molecule has 8 heteroatoms. The van der Waals surface area contributed by atoms with Crippen molar-refractivity contribution in [1.82, 2.24) is 20.1 Å². The molecule has 0 radical (unpaired) electrons. The first kappa shape index (κ1) is 12.9. The summed E-state index contributed by atoms with van der Waals surface area (Å²) in [5.41, 5.74) is 0. The monoisotopic (exact) mass is 260 g/mol. The van der Waals surface area contributed by atoms with Crippen molar-refractivity contribution in [1.29, 1.82) is 0 Å². The number of piperidine rings is 1. The van der Waals surface area contributed by atoms with Crippen molar-refractivity contribution in [2.24, 2.45) is 0 Å². The normalized spacial score (nSPS) is 23.1. The Bertz CT molecular complexity index is 449. The molecular weight excluding hydrogens is 246 g/mol. The number of nitrogens with one attached hydrogen (secondary N) is 1. The molecule has 100 valence electrons. The van der Waals surface area contributed by atoms with Crippen molar-refractivity contribution in [2.45, 2.75) is 25.4 Å². The summed E-state index contributed by atoms with van der Waals surface area (Å²) in [6.07, 6.45) is -1.05. The van der Waals surface area contributed by atoms with E-state index in [-0.39, 0.29) is 18.8 Å². The molecular formula is C10H14F2N4O2. The average molecular weight is 260 g/mol. The first-order valence-electron chi connectivity index (χ1n) is 5.53. The summed E-state index contributed by atoms with van der Waals surface area (Å²) in [7, 11) is 1.24. The van der Waals surface area contributed by atoms with E-state index in [0.29, 0.717) is 5.82 Å². The third-order valence-electron chi connectivity index (χ3n) is 2.89. The van der Waals surface area contributed by atoms with Gasteiger partial charge in [-0.15, -0.1) is 5.10 Å². The van der Waals surface area contributed by atoms with Crippen LogP contribution in [0.4, 0.5) is 8.78 Å². The fourth-order valence-corrected chi connectivity index (χ4v) is 1.96. The Morgan fingerprint density at radius 2 is 2.33 bits per heavy atom. The Kier molecular flexibility index (Phi) is 3.29. The second-order valence-electron chi connectivity index (χ2n) is 4.25. The predicted molar refractivity (Wildman–Crippen MR) is 57.4 cm³/mol. The first-order valence-corrected chi connectivity index (χ1v) is 5.53. The van der Waals surface area contributed by atoms with Gasteiger partial charge in [-0.25, -0.2) is 13.8 Å². The van der Waals surface area contributed by atoms with Crippen LogP contribution in [0.2, 0.25) is 0 Å². The predicted octanol–water partition coefficient (Wildman–Crippen LogP) is 0.609. The first-order chi connectivity index (χ1) is 8.44. The van der Waals surface area contributed by atoms with Crippen molar-refractivity contribution < 1.29 is 18.3 Å². The Morgan fingerprint density at radius 3 is 2.83 bits per heavy atom. The van der Waals surface area contributed by atoms with Gasteiger partial charge in [-0.05, 0) is 13.3 Å². The molecule has 18 heavy (non-hydrogen) atoms. The molecule has 0 unspecified atom stereocenters. The van der Waals surface area contributed by atoms with Crippen LogP contribution < -0.4 is 0 Å². The van der Waals surface area contributed by atoms with E-state index in [4.69, 9.17) is 4.74 Å². The maximum absolute atomic E-state index is 13.6. The molecule has 1 fully saturated rings. The number of ether oxygens (including phenoxy) is 1. The maximum Gasteiger partial charge on any atom is 0.293 e. The van der Waals surface area contributed by atoms with E-state index >= 15 is 0 Å². The summed E-state index contributed by atoms with van der Waals surface area (Å²) >= 11 is 0. The number of amides is 1. The van der Waals surface area contributed by atoms with Crippen molar-refractivity contribution >= 4 is 5.91 Å². The van der Waals surface area contributed by atoms with Crippen LogP contribution in [0.1, 0.15) is 22.9 Å². The lowest BCUT2D eigenvalue weighted by Crippen LogP contribution is -2.54. The second-order valence-corrected chi connectivity index (χ2v) is 4.25. The number of rotatable bonds is 2. The van der Waals surface area contributed by atoms with Gasteiger partial charge in [0.1, 0.15) is 11.9 Å². The van der Waals surface area contributed by atoms with Gasteiger partial charge in [0.2, 0.25) is 5.82 Å². The minimum absolute atomic E-state index is 0.0841. The third-order valence-corrected chi connectivity index (χ3v) is 2.89. The number of nitrogens with zero attached hydrogens (tertiary/aromatic N) is 3. The Hall–Kier alpha value is -1.57. The van der Waals surface area contributed by atoms with Gasteiger partial charge < -0.3 is 9.64 Å². The second kappa shape index (κ2) is 4.60. The lowest BCUT2D eigenvalue weighted by molar-refractivity contribution is -0.155. The molecule has 1 aromatic heterocycles. The SMILES string of the molecule is CO[C@H]1CCN(C(=O)c2n[nH]c(C)n2)CC1(F)F. The Balaban J connectivity index is 2.10. The van der Waals surface area contributed by atoms with Crippen LogP contribution >= 0.6 is 0 Å². The molecule has 1 saturated heterocycles. The van der Waals surface area contributed by atoms with Gasteiger partial charge in [-0.2, -0.15) is 0 Å². The van der Waals surface area contributed by atoms with E-state index in [1.165, 1.54) is 7.11 Å². The highest BCUT2D eigenvalue weighted by molar-refractivity contribution is 5.90. The van der Waals surface area contributed by atoms with Crippen LogP contribution in [-0.4, -0.2) is 58.2 Å². The van der Waals surface area contributed by atoms with Gasteiger partial charge in [0, 0.05) is 13.7 Å². The molecule has 0 aliphatic carbocycles. The molecule has 1 N–H and O–H groups in total. The number of methoxy groups -OCH3 is 1. The molecule has 2 rings (SSSR count). The standard InChI is InChI=1S/C10H14F2N4O2/c1-6-13-8(15-14-6)9(17)16-4-3-7(18-2)10(11,12)5-16/h7H,3-5H2,1-2H3,(H,13,14,15)/t7-/m0/s1. The van der Waals surface area contributed by atoms with Gasteiger partial charge in [-0.3, -0.25) is 9.89 Å². The number of aryl methyl sites for hydroxylation is 1. The van der Waals surface area contributed by atoms with Crippen LogP contribution in [0.25, 0.3) is 0 Å². The van der Waals surface area contributed by atoms with Crippen molar-refractivity contribution in [2.75, 3.05) is 20.2 Å². The maximum atomic E-state index is 13.6. The van der Waals surface area contributed by atoms with Crippen molar-refractivity contribution in [3.63, 3.8) is 0 Å². The average Bonchev–Trinajstić information content (AvgIpc) is 2.73. The number of halogens is 2. The Labute approximate surface area is 102 Å². The molecule has 0 aromatic carbocycles. The minimum Gasteiger partial charge on any atom is -0.375 e. The van der Waals surface area contributed by atoms with Crippen LogP contribution in [0.3, 0.4) is 0 Å². The quantitative estimate of drug-likeness (QED) is 0.845. The van der Waals surface area contributed by atoms with Gasteiger partial charge in [0.15, 0.2) is 0 Å². The zero-order valence-electron chi connectivity index (χ0n) is 10.1. The molecule has 1 amide bonds. The van der Waals surface area contributed by atoms with Gasteiger partial charge in [0.25, 0.3) is 11.8 Å². The third kappa shape index (κ3) is 2.33. The number of H-pyrrole nitrogens is 1.